The summed E-state index contributed by atoms with van der Waals surface area (Å²) in [5.74, 6) is 0.689. The molecule has 0 aliphatic heterocycles. The minimum atomic E-state index is -0.641. The molecule has 0 heterocycles. The molecule has 0 saturated heterocycles. The van der Waals surface area contributed by atoms with E-state index in [4.69, 9.17) is 27.9 Å². The smallest absolute Gasteiger partial charge is 0.119 e. The van der Waals surface area contributed by atoms with Gasteiger partial charge in [0.2, 0.25) is 0 Å². The highest BCUT2D eigenvalue weighted by Crippen LogP contribution is 2.22. The number of ether oxygens (including phenoxy) is 1. The summed E-state index contributed by atoms with van der Waals surface area (Å²) in [6.45, 7) is 2.46. The lowest BCUT2D eigenvalue weighted by Gasteiger charge is -2.15. The predicted octanol–water partition coefficient (Wildman–Crippen LogP) is 4.15. The number of nitrogens with one attached hydrogen (secondary N) is 1. The molecule has 0 radical (unpaired) electrons. The molecule has 0 aliphatic carbocycles. The predicted molar refractivity (Wildman–Crippen MR) is 87.6 cm³/mol. The molecular formula is C16H17Cl2NO2. The van der Waals surface area contributed by atoms with E-state index < -0.39 is 6.10 Å². The Morgan fingerprint density at radius 1 is 1.14 bits per heavy atom. The Labute approximate surface area is 134 Å². The van der Waals surface area contributed by atoms with Gasteiger partial charge in [0, 0.05) is 11.6 Å². The van der Waals surface area contributed by atoms with Crippen molar-refractivity contribution in [2.45, 2.75) is 13.0 Å². The van der Waals surface area contributed by atoms with Crippen LogP contribution in [0.3, 0.4) is 0 Å². The number of hydrogen-bond acceptors (Lipinski definition) is 3. The average molecular weight is 326 g/mol. The Balaban J connectivity index is 1.81. The largest absolute Gasteiger partial charge is 0.491 e. The molecule has 1 atom stereocenters. The fourth-order valence-electron chi connectivity index (χ4n) is 1.79. The van der Waals surface area contributed by atoms with Crippen LogP contribution in [0.25, 0.3) is 0 Å². The van der Waals surface area contributed by atoms with E-state index in [0.717, 1.165) is 11.3 Å². The average Bonchev–Trinajstić information content (AvgIpc) is 2.47. The molecule has 2 N–H and O–H groups in total. The third kappa shape index (κ3) is 4.81. The first kappa shape index (κ1) is 16.0. The zero-order valence-electron chi connectivity index (χ0n) is 11.6. The van der Waals surface area contributed by atoms with Crippen molar-refractivity contribution in [1.82, 2.24) is 0 Å². The maximum Gasteiger partial charge on any atom is 0.119 e. The standard InChI is InChI=1S/C16H17Cl2NO2/c1-11-8-13(6-7-14(11)17)21-10-12(20)9-19-16-5-3-2-4-15(16)18/h2-8,12,19-20H,9-10H2,1H3. The van der Waals surface area contributed by atoms with Gasteiger partial charge in [-0.05, 0) is 42.8 Å². The number of rotatable bonds is 6. The fourth-order valence-corrected chi connectivity index (χ4v) is 2.11. The maximum atomic E-state index is 9.93. The van der Waals surface area contributed by atoms with E-state index in [2.05, 4.69) is 5.32 Å². The number of halogens is 2. The first-order chi connectivity index (χ1) is 10.1. The van der Waals surface area contributed by atoms with Crippen LogP contribution in [-0.4, -0.2) is 24.4 Å². The summed E-state index contributed by atoms with van der Waals surface area (Å²) >= 11 is 12.0. The van der Waals surface area contributed by atoms with Gasteiger partial charge in [0.25, 0.3) is 0 Å². The second kappa shape index (κ2) is 7.55. The van der Waals surface area contributed by atoms with Crippen molar-refractivity contribution in [2.75, 3.05) is 18.5 Å². The SMILES string of the molecule is Cc1cc(OCC(O)CNc2ccccc2Cl)ccc1Cl. The van der Waals surface area contributed by atoms with E-state index in [1.807, 2.05) is 31.2 Å². The molecule has 0 spiro atoms. The highest BCUT2D eigenvalue weighted by Gasteiger charge is 2.07. The minimum absolute atomic E-state index is 0.193. The van der Waals surface area contributed by atoms with Crippen molar-refractivity contribution in [3.63, 3.8) is 0 Å². The van der Waals surface area contributed by atoms with Crippen LogP contribution in [0.2, 0.25) is 10.0 Å². The van der Waals surface area contributed by atoms with Crippen LogP contribution in [-0.2, 0) is 0 Å². The van der Waals surface area contributed by atoms with Gasteiger partial charge in [-0.15, -0.1) is 0 Å². The second-order valence-corrected chi connectivity index (χ2v) is 5.55. The molecule has 0 aromatic heterocycles. The molecule has 3 nitrogen and oxygen atoms in total. The molecule has 1 unspecified atom stereocenters. The molecule has 5 heteroatoms. The molecule has 0 saturated carbocycles. The van der Waals surface area contributed by atoms with Crippen molar-refractivity contribution >= 4 is 28.9 Å². The first-order valence-electron chi connectivity index (χ1n) is 6.61. The van der Waals surface area contributed by atoms with Gasteiger partial charge < -0.3 is 15.2 Å². The van der Waals surface area contributed by atoms with Crippen LogP contribution < -0.4 is 10.1 Å². The van der Waals surface area contributed by atoms with Gasteiger partial charge >= 0.3 is 0 Å². The summed E-state index contributed by atoms with van der Waals surface area (Å²) in [6.07, 6.45) is -0.641. The summed E-state index contributed by atoms with van der Waals surface area (Å²) in [6, 6.07) is 12.8. The number of hydrogen-bond donors (Lipinski definition) is 2. The van der Waals surface area contributed by atoms with Crippen LogP contribution in [0.5, 0.6) is 5.75 Å². The quantitative estimate of drug-likeness (QED) is 0.838. The van der Waals surface area contributed by atoms with Gasteiger partial charge in [-0.2, -0.15) is 0 Å². The van der Waals surface area contributed by atoms with E-state index in [9.17, 15) is 5.11 Å². The lowest BCUT2D eigenvalue weighted by Crippen LogP contribution is -2.26. The molecular weight excluding hydrogens is 309 g/mol. The van der Waals surface area contributed by atoms with Crippen molar-refractivity contribution in [2.24, 2.45) is 0 Å². The number of benzene rings is 2. The number of aryl methyl sites for hydroxylation is 1. The summed E-state index contributed by atoms with van der Waals surface area (Å²) in [5, 5.41) is 14.3. The van der Waals surface area contributed by atoms with E-state index in [1.54, 1.807) is 18.2 Å². The molecule has 0 aliphatic rings. The summed E-state index contributed by atoms with van der Waals surface area (Å²) in [7, 11) is 0. The molecule has 2 aromatic carbocycles. The number of para-hydroxylation sites is 1. The molecule has 2 rings (SSSR count). The summed E-state index contributed by atoms with van der Waals surface area (Å²) < 4.78 is 5.54. The van der Waals surface area contributed by atoms with Gasteiger partial charge in [-0.3, -0.25) is 0 Å². The lowest BCUT2D eigenvalue weighted by atomic mass is 10.2. The zero-order chi connectivity index (χ0) is 15.2. The van der Waals surface area contributed by atoms with Crippen LogP contribution >= 0.6 is 23.2 Å². The van der Waals surface area contributed by atoms with Gasteiger partial charge in [-0.1, -0.05) is 35.3 Å². The molecule has 0 bridgehead atoms. The van der Waals surface area contributed by atoms with Gasteiger partial charge in [0.1, 0.15) is 18.5 Å². The monoisotopic (exact) mass is 325 g/mol. The minimum Gasteiger partial charge on any atom is -0.491 e. The van der Waals surface area contributed by atoms with E-state index in [1.165, 1.54) is 0 Å². The molecule has 112 valence electrons. The van der Waals surface area contributed by atoms with Crippen LogP contribution in [0, 0.1) is 6.92 Å². The van der Waals surface area contributed by atoms with E-state index >= 15 is 0 Å². The van der Waals surface area contributed by atoms with Gasteiger partial charge in [-0.25, -0.2) is 0 Å². The Morgan fingerprint density at radius 2 is 1.90 bits per heavy atom. The van der Waals surface area contributed by atoms with Crippen molar-refractivity contribution in [1.29, 1.82) is 0 Å². The maximum absolute atomic E-state index is 9.93. The Morgan fingerprint density at radius 3 is 2.62 bits per heavy atom. The highest BCUT2D eigenvalue weighted by molar-refractivity contribution is 6.33. The Bertz CT molecular complexity index is 605. The molecule has 0 fully saturated rings. The van der Waals surface area contributed by atoms with Gasteiger partial charge in [0.15, 0.2) is 0 Å². The molecule has 21 heavy (non-hydrogen) atoms. The van der Waals surface area contributed by atoms with Gasteiger partial charge in [0.05, 0.1) is 10.7 Å². The molecule has 2 aromatic rings. The normalized spacial score (nSPS) is 12.0. The van der Waals surface area contributed by atoms with Crippen molar-refractivity contribution < 1.29 is 9.84 Å². The number of aliphatic hydroxyl groups excluding tert-OH is 1. The lowest BCUT2D eigenvalue weighted by molar-refractivity contribution is 0.117. The Kier molecular flexibility index (Phi) is 5.74. The van der Waals surface area contributed by atoms with Crippen LogP contribution in [0.4, 0.5) is 5.69 Å². The van der Waals surface area contributed by atoms with Crippen LogP contribution in [0.15, 0.2) is 42.5 Å². The summed E-state index contributed by atoms with van der Waals surface area (Å²) in [4.78, 5) is 0. The van der Waals surface area contributed by atoms with Crippen LogP contribution in [0.1, 0.15) is 5.56 Å². The Hall–Kier alpha value is -1.42. The number of anilines is 1. The molecule has 0 amide bonds. The zero-order valence-corrected chi connectivity index (χ0v) is 13.2. The topological polar surface area (TPSA) is 41.5 Å². The van der Waals surface area contributed by atoms with Crippen molar-refractivity contribution in [3.05, 3.63) is 58.1 Å². The summed E-state index contributed by atoms with van der Waals surface area (Å²) in [5.41, 5.74) is 1.73. The third-order valence-corrected chi connectivity index (χ3v) is 3.73. The van der Waals surface area contributed by atoms with E-state index in [-0.39, 0.29) is 6.61 Å². The highest BCUT2D eigenvalue weighted by atomic mass is 35.5. The third-order valence-electron chi connectivity index (χ3n) is 2.97. The first-order valence-corrected chi connectivity index (χ1v) is 7.37. The van der Waals surface area contributed by atoms with Crippen molar-refractivity contribution in [3.8, 4) is 5.75 Å². The van der Waals surface area contributed by atoms with E-state index in [0.29, 0.717) is 22.3 Å². The second-order valence-electron chi connectivity index (χ2n) is 4.74. The number of aliphatic hydroxyl groups is 1. The fraction of sp³-hybridized carbons (Fsp3) is 0.250.